The number of ketones is 1. The van der Waals surface area contributed by atoms with Crippen molar-refractivity contribution < 1.29 is 19.1 Å². The van der Waals surface area contributed by atoms with Crippen molar-refractivity contribution in [3.05, 3.63) is 11.8 Å². The molecule has 0 N–H and O–H groups in total. The first-order valence-electron chi connectivity index (χ1n) is 4.51. The molecule has 0 aliphatic rings. The van der Waals surface area contributed by atoms with Gasteiger partial charge in [-0.05, 0) is 0 Å². The van der Waals surface area contributed by atoms with Crippen LogP contribution in [0.3, 0.4) is 0 Å². The quantitative estimate of drug-likeness (QED) is 0.274. The lowest BCUT2D eigenvalue weighted by Gasteiger charge is -2.09. The van der Waals surface area contributed by atoms with Crippen LogP contribution < -0.4 is 0 Å². The summed E-state index contributed by atoms with van der Waals surface area (Å²) < 4.78 is 9.29. The molecule has 0 aromatic rings. The molecule has 0 aromatic heterocycles. The molecule has 5 nitrogen and oxygen atoms in total. The number of hydrogen-bond acceptors (Lipinski definition) is 5. The molecule has 0 heterocycles. The Bertz CT molecular complexity index is 258. The van der Waals surface area contributed by atoms with Crippen LogP contribution in [0, 0.1) is 0 Å². The number of carbonyl (C=O) groups is 2. The first-order valence-corrected chi connectivity index (χ1v) is 4.51. The second kappa shape index (κ2) is 7.00. The van der Waals surface area contributed by atoms with Crippen LogP contribution >= 0.6 is 0 Å². The molecule has 0 rings (SSSR count). The number of nitrogens with zero attached hydrogens (tertiary/aromatic N) is 1. The first kappa shape index (κ1) is 13.6. The Labute approximate surface area is 89.6 Å². The molecular formula is C10H17NO4. The normalized spacial score (nSPS) is 11.1. The minimum Gasteiger partial charge on any atom is -0.465 e. The van der Waals surface area contributed by atoms with Gasteiger partial charge < -0.3 is 14.4 Å². The fourth-order valence-electron chi connectivity index (χ4n) is 0.936. The Hall–Kier alpha value is -1.36. The summed E-state index contributed by atoms with van der Waals surface area (Å²) in [5.41, 5.74) is 0.0413. The van der Waals surface area contributed by atoms with Crippen molar-refractivity contribution in [3.8, 4) is 0 Å². The van der Waals surface area contributed by atoms with Crippen molar-refractivity contribution in [2.45, 2.75) is 6.42 Å². The zero-order valence-electron chi connectivity index (χ0n) is 9.57. The van der Waals surface area contributed by atoms with Gasteiger partial charge in [-0.1, -0.05) is 0 Å². The minimum absolute atomic E-state index is 0.0413. The maximum atomic E-state index is 11.6. The molecule has 15 heavy (non-hydrogen) atoms. The topological polar surface area (TPSA) is 55.8 Å². The van der Waals surface area contributed by atoms with Gasteiger partial charge in [0.1, 0.15) is 5.57 Å². The van der Waals surface area contributed by atoms with Gasteiger partial charge in [0.2, 0.25) is 0 Å². The third kappa shape index (κ3) is 5.17. The van der Waals surface area contributed by atoms with Gasteiger partial charge in [0.15, 0.2) is 5.78 Å². The van der Waals surface area contributed by atoms with Gasteiger partial charge >= 0.3 is 5.97 Å². The summed E-state index contributed by atoms with van der Waals surface area (Å²) in [5, 5.41) is 0. The lowest BCUT2D eigenvalue weighted by atomic mass is 10.1. The zero-order chi connectivity index (χ0) is 11.8. The molecule has 0 atom stereocenters. The third-order valence-corrected chi connectivity index (χ3v) is 1.63. The summed E-state index contributed by atoms with van der Waals surface area (Å²) >= 11 is 0. The van der Waals surface area contributed by atoms with E-state index < -0.39 is 5.97 Å². The van der Waals surface area contributed by atoms with E-state index in [-0.39, 0.29) is 17.8 Å². The van der Waals surface area contributed by atoms with Gasteiger partial charge in [-0.25, -0.2) is 4.79 Å². The number of Topliss-reactive ketones (excluding diaryl/α,β-unsaturated/α-hetero) is 1. The Balaban J connectivity index is 4.64. The Morgan fingerprint density at radius 1 is 1.27 bits per heavy atom. The monoisotopic (exact) mass is 215 g/mol. The van der Waals surface area contributed by atoms with Crippen LogP contribution in [0.2, 0.25) is 0 Å². The second-order valence-corrected chi connectivity index (χ2v) is 3.16. The van der Waals surface area contributed by atoms with Crippen molar-refractivity contribution in [1.29, 1.82) is 0 Å². The molecule has 5 heteroatoms. The van der Waals surface area contributed by atoms with Gasteiger partial charge in [-0.15, -0.1) is 0 Å². The number of rotatable bonds is 6. The standard InChI is InChI=1S/C10H17NO4/c1-11(2)7-8(10(13)15-4)9(12)5-6-14-3/h7H,5-6H2,1-4H3. The Kier molecular flexibility index (Phi) is 6.37. The molecule has 0 fully saturated rings. The van der Waals surface area contributed by atoms with Crippen LogP contribution in [-0.2, 0) is 19.1 Å². The highest BCUT2D eigenvalue weighted by Crippen LogP contribution is 2.04. The molecular weight excluding hydrogens is 198 g/mol. The van der Waals surface area contributed by atoms with E-state index in [4.69, 9.17) is 4.74 Å². The van der Waals surface area contributed by atoms with E-state index in [9.17, 15) is 9.59 Å². The summed E-state index contributed by atoms with van der Waals surface area (Å²) in [5.74, 6) is -0.901. The second-order valence-electron chi connectivity index (χ2n) is 3.16. The van der Waals surface area contributed by atoms with Gasteiger partial charge in [0, 0.05) is 33.8 Å². The first-order chi connectivity index (χ1) is 7.02. The predicted octanol–water partition coefficient (Wildman–Crippen LogP) is 0.210. The molecule has 0 spiro atoms. The molecule has 86 valence electrons. The van der Waals surface area contributed by atoms with E-state index in [1.807, 2.05) is 0 Å². The largest absolute Gasteiger partial charge is 0.465 e. The SMILES string of the molecule is COCCC(=O)C(=CN(C)C)C(=O)OC. The molecule has 0 aliphatic heterocycles. The molecule has 0 aliphatic carbocycles. The highest BCUT2D eigenvalue weighted by Gasteiger charge is 2.18. The number of carbonyl (C=O) groups excluding carboxylic acids is 2. The summed E-state index contributed by atoms with van der Waals surface area (Å²) in [4.78, 5) is 24.5. The predicted molar refractivity (Wildman–Crippen MR) is 55.3 cm³/mol. The van der Waals surface area contributed by atoms with Crippen molar-refractivity contribution in [2.75, 3.05) is 34.9 Å². The van der Waals surface area contributed by atoms with Gasteiger partial charge in [0.25, 0.3) is 0 Å². The number of hydrogen-bond donors (Lipinski definition) is 0. The summed E-state index contributed by atoms with van der Waals surface area (Å²) in [6.07, 6.45) is 1.62. The smallest absolute Gasteiger partial charge is 0.342 e. The van der Waals surface area contributed by atoms with E-state index in [1.54, 1.807) is 19.0 Å². The van der Waals surface area contributed by atoms with Gasteiger partial charge in [0.05, 0.1) is 13.7 Å². The van der Waals surface area contributed by atoms with Gasteiger partial charge in [-0.3, -0.25) is 4.79 Å². The number of methoxy groups -OCH3 is 2. The lowest BCUT2D eigenvalue weighted by molar-refractivity contribution is -0.138. The van der Waals surface area contributed by atoms with Crippen LogP contribution in [0.4, 0.5) is 0 Å². The van der Waals surface area contributed by atoms with Crippen molar-refractivity contribution in [1.82, 2.24) is 4.90 Å². The van der Waals surface area contributed by atoms with E-state index in [0.29, 0.717) is 6.61 Å². The van der Waals surface area contributed by atoms with Crippen molar-refractivity contribution in [2.24, 2.45) is 0 Å². The summed E-state index contributed by atoms with van der Waals surface area (Å²) in [6, 6.07) is 0. The molecule has 0 saturated carbocycles. The van der Waals surface area contributed by atoms with E-state index in [2.05, 4.69) is 4.74 Å². The van der Waals surface area contributed by atoms with Crippen LogP contribution in [0.5, 0.6) is 0 Å². The third-order valence-electron chi connectivity index (χ3n) is 1.63. The molecule has 0 amide bonds. The lowest BCUT2D eigenvalue weighted by Crippen LogP contribution is -2.19. The average molecular weight is 215 g/mol. The highest BCUT2D eigenvalue weighted by atomic mass is 16.5. The molecule has 0 bridgehead atoms. The van der Waals surface area contributed by atoms with Crippen LogP contribution in [0.15, 0.2) is 11.8 Å². The molecule has 0 aromatic carbocycles. The Morgan fingerprint density at radius 3 is 2.27 bits per heavy atom. The fraction of sp³-hybridized carbons (Fsp3) is 0.600. The van der Waals surface area contributed by atoms with Crippen molar-refractivity contribution >= 4 is 11.8 Å². The number of esters is 1. The zero-order valence-corrected chi connectivity index (χ0v) is 9.57. The Morgan fingerprint density at radius 2 is 1.87 bits per heavy atom. The maximum absolute atomic E-state index is 11.6. The molecule has 0 unspecified atom stereocenters. The van der Waals surface area contributed by atoms with Crippen LogP contribution in [0.25, 0.3) is 0 Å². The van der Waals surface area contributed by atoms with Gasteiger partial charge in [-0.2, -0.15) is 0 Å². The van der Waals surface area contributed by atoms with E-state index in [1.165, 1.54) is 20.4 Å². The van der Waals surface area contributed by atoms with Crippen molar-refractivity contribution in [3.63, 3.8) is 0 Å². The fourth-order valence-corrected chi connectivity index (χ4v) is 0.936. The molecule has 0 saturated heterocycles. The average Bonchev–Trinajstić information content (AvgIpc) is 2.21. The summed E-state index contributed by atoms with van der Waals surface area (Å²) in [6.45, 7) is 0.292. The highest BCUT2D eigenvalue weighted by molar-refractivity contribution is 6.17. The van der Waals surface area contributed by atoms with E-state index >= 15 is 0 Å². The summed E-state index contributed by atoms with van der Waals surface area (Å²) in [7, 11) is 6.20. The number of ether oxygens (including phenoxy) is 2. The minimum atomic E-state index is -0.621. The van der Waals surface area contributed by atoms with Crippen LogP contribution in [-0.4, -0.2) is 51.6 Å². The molecule has 0 radical (unpaired) electrons. The van der Waals surface area contributed by atoms with Crippen LogP contribution in [0.1, 0.15) is 6.42 Å². The van der Waals surface area contributed by atoms with E-state index in [0.717, 1.165) is 0 Å². The maximum Gasteiger partial charge on any atom is 0.342 e.